The van der Waals surface area contributed by atoms with Crippen molar-refractivity contribution in [3.05, 3.63) is 39.8 Å². The van der Waals surface area contributed by atoms with Crippen LogP contribution in [-0.2, 0) is 11.2 Å². The summed E-state index contributed by atoms with van der Waals surface area (Å²) in [5.41, 5.74) is 2.96. The Morgan fingerprint density at radius 1 is 1.38 bits per heavy atom. The Kier molecular flexibility index (Phi) is 3.47. The van der Waals surface area contributed by atoms with Crippen molar-refractivity contribution in [2.24, 2.45) is 0 Å². The van der Waals surface area contributed by atoms with E-state index in [0.717, 1.165) is 22.7 Å². The lowest BCUT2D eigenvalue weighted by Gasteiger charge is -2.18. The van der Waals surface area contributed by atoms with E-state index in [-0.39, 0.29) is 11.8 Å². The number of benzene rings is 1. The molecule has 2 heterocycles. The van der Waals surface area contributed by atoms with Crippen LogP contribution in [0.5, 0.6) is 0 Å². The van der Waals surface area contributed by atoms with Gasteiger partial charge in [-0.2, -0.15) is 0 Å². The fourth-order valence-electron chi connectivity index (χ4n) is 2.53. The van der Waals surface area contributed by atoms with Gasteiger partial charge in [0, 0.05) is 18.8 Å². The SMILES string of the molecule is CC(=O)N1CCc2cccc(NC(=O)c3csc(C)n3)c21. The van der Waals surface area contributed by atoms with Crippen molar-refractivity contribution in [3.63, 3.8) is 0 Å². The molecule has 2 amide bonds. The van der Waals surface area contributed by atoms with Gasteiger partial charge in [-0.15, -0.1) is 11.3 Å². The number of aryl methyl sites for hydroxylation is 1. The molecule has 5 nitrogen and oxygen atoms in total. The van der Waals surface area contributed by atoms with Gasteiger partial charge in [0.15, 0.2) is 0 Å². The van der Waals surface area contributed by atoms with E-state index in [1.165, 1.54) is 18.3 Å². The largest absolute Gasteiger partial charge is 0.319 e. The van der Waals surface area contributed by atoms with Crippen molar-refractivity contribution in [1.29, 1.82) is 0 Å². The van der Waals surface area contributed by atoms with E-state index in [1.807, 2.05) is 25.1 Å². The Morgan fingerprint density at radius 2 is 2.19 bits per heavy atom. The number of amides is 2. The Bertz CT molecular complexity index is 723. The number of hydrogen-bond donors (Lipinski definition) is 1. The number of para-hydroxylation sites is 1. The average molecular weight is 301 g/mol. The molecule has 0 atom stereocenters. The van der Waals surface area contributed by atoms with E-state index >= 15 is 0 Å². The Labute approximate surface area is 126 Å². The van der Waals surface area contributed by atoms with Gasteiger partial charge in [0.05, 0.1) is 16.4 Å². The van der Waals surface area contributed by atoms with Crippen molar-refractivity contribution in [3.8, 4) is 0 Å². The Balaban J connectivity index is 1.92. The summed E-state index contributed by atoms with van der Waals surface area (Å²) in [4.78, 5) is 29.8. The molecule has 0 radical (unpaired) electrons. The highest BCUT2D eigenvalue weighted by molar-refractivity contribution is 7.09. The molecule has 0 saturated carbocycles. The van der Waals surface area contributed by atoms with Crippen molar-refractivity contribution in [2.75, 3.05) is 16.8 Å². The normalized spacial score (nSPS) is 13.1. The molecule has 0 saturated heterocycles. The minimum atomic E-state index is -0.247. The molecule has 21 heavy (non-hydrogen) atoms. The molecule has 0 bridgehead atoms. The lowest BCUT2D eigenvalue weighted by Crippen LogP contribution is -2.27. The van der Waals surface area contributed by atoms with Gasteiger partial charge in [-0.1, -0.05) is 12.1 Å². The van der Waals surface area contributed by atoms with Gasteiger partial charge in [0.2, 0.25) is 5.91 Å². The second-order valence-electron chi connectivity index (χ2n) is 4.94. The molecule has 1 aromatic heterocycles. The number of nitrogens with zero attached hydrogens (tertiary/aromatic N) is 2. The van der Waals surface area contributed by atoms with E-state index in [1.54, 1.807) is 10.3 Å². The van der Waals surface area contributed by atoms with Crippen molar-refractivity contribution in [1.82, 2.24) is 4.98 Å². The third-order valence-electron chi connectivity index (χ3n) is 3.47. The number of carbonyl (C=O) groups is 2. The van der Waals surface area contributed by atoms with Gasteiger partial charge in [0.1, 0.15) is 5.69 Å². The summed E-state index contributed by atoms with van der Waals surface area (Å²) in [6.07, 6.45) is 0.814. The molecular weight excluding hydrogens is 286 g/mol. The number of hydrogen-bond acceptors (Lipinski definition) is 4. The summed E-state index contributed by atoms with van der Waals surface area (Å²) < 4.78 is 0. The first-order valence-electron chi connectivity index (χ1n) is 6.69. The van der Waals surface area contributed by atoms with E-state index in [2.05, 4.69) is 10.3 Å². The van der Waals surface area contributed by atoms with E-state index in [0.29, 0.717) is 17.9 Å². The zero-order valence-electron chi connectivity index (χ0n) is 11.8. The fraction of sp³-hybridized carbons (Fsp3) is 0.267. The Hall–Kier alpha value is -2.21. The maximum Gasteiger partial charge on any atom is 0.275 e. The zero-order valence-corrected chi connectivity index (χ0v) is 12.7. The standard InChI is InChI=1S/C15H15N3O2S/c1-9-16-13(8-21-9)15(20)17-12-5-3-4-11-6-7-18(10(2)19)14(11)12/h3-5,8H,6-7H2,1-2H3,(H,17,20). The van der Waals surface area contributed by atoms with Gasteiger partial charge in [-0.25, -0.2) is 4.98 Å². The highest BCUT2D eigenvalue weighted by Gasteiger charge is 2.26. The van der Waals surface area contributed by atoms with Crippen LogP contribution in [0.1, 0.15) is 28.0 Å². The third-order valence-corrected chi connectivity index (χ3v) is 4.25. The first-order valence-corrected chi connectivity index (χ1v) is 7.57. The molecule has 1 N–H and O–H groups in total. The molecule has 0 aliphatic carbocycles. The number of thiazole rings is 1. The van der Waals surface area contributed by atoms with Gasteiger partial charge in [0.25, 0.3) is 5.91 Å². The highest BCUT2D eigenvalue weighted by Crippen LogP contribution is 2.35. The van der Waals surface area contributed by atoms with Crippen LogP contribution in [0, 0.1) is 6.92 Å². The smallest absolute Gasteiger partial charge is 0.275 e. The molecular formula is C15H15N3O2S. The van der Waals surface area contributed by atoms with Crippen molar-refractivity contribution < 1.29 is 9.59 Å². The second-order valence-corrected chi connectivity index (χ2v) is 6.00. The van der Waals surface area contributed by atoms with Crippen LogP contribution >= 0.6 is 11.3 Å². The van der Waals surface area contributed by atoms with Crippen LogP contribution in [0.2, 0.25) is 0 Å². The van der Waals surface area contributed by atoms with E-state index < -0.39 is 0 Å². The molecule has 0 unspecified atom stereocenters. The fourth-order valence-corrected chi connectivity index (χ4v) is 3.12. The van der Waals surface area contributed by atoms with Crippen molar-refractivity contribution >= 4 is 34.5 Å². The molecule has 3 rings (SSSR count). The van der Waals surface area contributed by atoms with E-state index in [9.17, 15) is 9.59 Å². The molecule has 6 heteroatoms. The average Bonchev–Trinajstić information content (AvgIpc) is 3.05. The molecule has 2 aromatic rings. The van der Waals surface area contributed by atoms with Crippen LogP contribution in [0.15, 0.2) is 23.6 Å². The van der Waals surface area contributed by atoms with Gasteiger partial charge in [-0.3, -0.25) is 9.59 Å². The van der Waals surface area contributed by atoms with Crippen LogP contribution < -0.4 is 10.2 Å². The highest BCUT2D eigenvalue weighted by atomic mass is 32.1. The summed E-state index contributed by atoms with van der Waals surface area (Å²) in [7, 11) is 0. The quantitative estimate of drug-likeness (QED) is 0.927. The first kappa shape index (κ1) is 13.8. The van der Waals surface area contributed by atoms with Crippen molar-refractivity contribution in [2.45, 2.75) is 20.3 Å². The van der Waals surface area contributed by atoms with Crippen LogP contribution in [0.25, 0.3) is 0 Å². The van der Waals surface area contributed by atoms with Crippen LogP contribution in [0.4, 0.5) is 11.4 Å². The number of rotatable bonds is 2. The van der Waals surface area contributed by atoms with E-state index in [4.69, 9.17) is 0 Å². The first-order chi connectivity index (χ1) is 10.1. The number of aromatic nitrogens is 1. The number of anilines is 2. The lowest BCUT2D eigenvalue weighted by molar-refractivity contribution is -0.116. The van der Waals surface area contributed by atoms with Gasteiger partial charge in [-0.05, 0) is 25.0 Å². The number of carbonyl (C=O) groups excluding carboxylic acids is 2. The zero-order chi connectivity index (χ0) is 15.0. The predicted molar refractivity (Wildman–Crippen MR) is 83.0 cm³/mol. The third kappa shape index (κ3) is 2.54. The summed E-state index contributed by atoms with van der Waals surface area (Å²) in [6.45, 7) is 4.06. The van der Waals surface area contributed by atoms with Gasteiger partial charge < -0.3 is 10.2 Å². The van der Waals surface area contributed by atoms with Crippen LogP contribution in [0.3, 0.4) is 0 Å². The molecule has 108 valence electrons. The molecule has 1 aliphatic heterocycles. The predicted octanol–water partition coefficient (Wildman–Crippen LogP) is 2.61. The monoisotopic (exact) mass is 301 g/mol. The second kappa shape index (κ2) is 5.29. The topological polar surface area (TPSA) is 62.3 Å². The summed E-state index contributed by atoms with van der Waals surface area (Å²) in [5, 5.41) is 5.45. The maximum absolute atomic E-state index is 12.2. The lowest BCUT2D eigenvalue weighted by atomic mass is 10.1. The molecule has 0 spiro atoms. The summed E-state index contributed by atoms with van der Waals surface area (Å²) in [5.74, 6) is -0.261. The van der Waals surface area contributed by atoms with Crippen LogP contribution in [-0.4, -0.2) is 23.3 Å². The molecule has 0 fully saturated rings. The minimum absolute atomic E-state index is 0.0139. The molecule has 1 aliphatic rings. The Morgan fingerprint density at radius 3 is 2.86 bits per heavy atom. The minimum Gasteiger partial charge on any atom is -0.319 e. The van der Waals surface area contributed by atoms with Gasteiger partial charge >= 0.3 is 0 Å². The summed E-state index contributed by atoms with van der Waals surface area (Å²) in [6, 6.07) is 5.70. The maximum atomic E-state index is 12.2. The molecule has 1 aromatic carbocycles. The summed E-state index contributed by atoms with van der Waals surface area (Å²) >= 11 is 1.44. The number of nitrogens with one attached hydrogen (secondary N) is 1. The number of fused-ring (bicyclic) bond motifs is 1.